The molecule has 2 fully saturated rings. The monoisotopic (exact) mass is 560 g/mol. The van der Waals surface area contributed by atoms with E-state index in [0.29, 0.717) is 12.6 Å². The second-order valence-electron chi connectivity index (χ2n) is 12.2. The van der Waals surface area contributed by atoms with Crippen LogP contribution in [0.15, 0.2) is 78.9 Å². The molecule has 42 heavy (non-hydrogen) atoms. The predicted octanol–water partition coefficient (Wildman–Crippen LogP) is 5.74. The van der Waals surface area contributed by atoms with Crippen LogP contribution >= 0.6 is 0 Å². The van der Waals surface area contributed by atoms with Crippen molar-refractivity contribution in [1.29, 1.82) is 0 Å². The minimum absolute atomic E-state index is 0.00996. The number of hydrogen-bond donors (Lipinski definition) is 2. The summed E-state index contributed by atoms with van der Waals surface area (Å²) >= 11 is 0. The predicted molar refractivity (Wildman–Crippen MR) is 167 cm³/mol. The van der Waals surface area contributed by atoms with Crippen molar-refractivity contribution in [3.05, 3.63) is 101 Å². The number of aliphatic hydroxyl groups excluding tert-OH is 1. The number of carbonyl (C=O) groups is 1. The van der Waals surface area contributed by atoms with Gasteiger partial charge >= 0.3 is 0 Å². The number of benzene rings is 3. The lowest BCUT2D eigenvalue weighted by molar-refractivity contribution is 0.0375. The number of aryl methyl sites for hydroxylation is 1. The molecule has 6 heteroatoms. The van der Waals surface area contributed by atoms with Gasteiger partial charge in [0.25, 0.3) is 5.91 Å². The third-order valence-electron chi connectivity index (χ3n) is 9.66. The fourth-order valence-corrected chi connectivity index (χ4v) is 7.35. The van der Waals surface area contributed by atoms with Crippen molar-refractivity contribution in [3.63, 3.8) is 0 Å². The summed E-state index contributed by atoms with van der Waals surface area (Å²) in [5.41, 5.74) is 7.14. The van der Waals surface area contributed by atoms with E-state index in [1.165, 1.54) is 11.1 Å². The summed E-state index contributed by atoms with van der Waals surface area (Å²) in [5, 5.41) is 14.3. The van der Waals surface area contributed by atoms with Gasteiger partial charge in [0.2, 0.25) is 0 Å². The molecule has 0 spiro atoms. The van der Waals surface area contributed by atoms with Crippen LogP contribution in [0.25, 0.3) is 22.2 Å². The number of fused-ring (bicyclic) bond motifs is 2. The number of para-hydroxylation sites is 1. The summed E-state index contributed by atoms with van der Waals surface area (Å²) in [6.45, 7) is 4.65. The number of aromatic nitrogens is 1. The van der Waals surface area contributed by atoms with E-state index in [1.54, 1.807) is 0 Å². The lowest BCUT2D eigenvalue weighted by Crippen LogP contribution is -2.48. The van der Waals surface area contributed by atoms with E-state index < -0.39 is 0 Å². The van der Waals surface area contributed by atoms with Crippen molar-refractivity contribution < 1.29 is 9.90 Å². The molecule has 0 unspecified atom stereocenters. The average molecular weight is 561 g/mol. The first-order valence-corrected chi connectivity index (χ1v) is 15.6. The summed E-state index contributed by atoms with van der Waals surface area (Å²) < 4.78 is 0. The minimum Gasteiger partial charge on any atom is -0.393 e. The Balaban J connectivity index is 1.22. The smallest absolute Gasteiger partial charge is 0.252 e. The van der Waals surface area contributed by atoms with Crippen molar-refractivity contribution in [1.82, 2.24) is 20.1 Å². The Bertz CT molecular complexity index is 1560. The molecule has 3 heterocycles. The number of piperidine rings is 2. The Labute approximate surface area is 248 Å². The van der Waals surface area contributed by atoms with E-state index in [2.05, 4.69) is 57.6 Å². The fraction of sp³-hybridized carbons (Fsp3) is 0.389. The number of pyridine rings is 1. The van der Waals surface area contributed by atoms with Crippen molar-refractivity contribution in [2.45, 2.75) is 63.3 Å². The molecule has 3 aromatic carbocycles. The Hall–Kier alpha value is -3.58. The van der Waals surface area contributed by atoms with E-state index in [4.69, 9.17) is 4.98 Å². The molecule has 7 rings (SSSR count). The number of nitrogens with zero attached hydrogens (tertiary/aromatic N) is 3. The highest BCUT2D eigenvalue weighted by molar-refractivity contribution is 6.09. The molecule has 2 N–H and O–H groups in total. The zero-order chi connectivity index (χ0) is 28.5. The fourth-order valence-electron chi connectivity index (χ4n) is 7.35. The number of carbonyl (C=O) groups excluding carboxylic acids is 1. The number of rotatable bonds is 6. The Kier molecular flexibility index (Phi) is 7.76. The third-order valence-corrected chi connectivity index (χ3v) is 9.66. The molecule has 0 bridgehead atoms. The van der Waals surface area contributed by atoms with Gasteiger partial charge in [-0.1, -0.05) is 72.8 Å². The second kappa shape index (κ2) is 12.0. The number of amides is 1. The van der Waals surface area contributed by atoms with Crippen LogP contribution in [-0.2, 0) is 13.0 Å². The maximum atomic E-state index is 14.4. The van der Waals surface area contributed by atoms with Crippen molar-refractivity contribution >= 4 is 16.8 Å². The second-order valence-corrected chi connectivity index (χ2v) is 12.2. The number of hydrogen-bond acceptors (Lipinski definition) is 5. The van der Waals surface area contributed by atoms with Gasteiger partial charge < -0.3 is 15.3 Å². The highest BCUT2D eigenvalue weighted by atomic mass is 16.3. The molecule has 1 aromatic heterocycles. The van der Waals surface area contributed by atoms with Crippen LogP contribution in [0.5, 0.6) is 0 Å². The Morgan fingerprint density at radius 2 is 1.55 bits per heavy atom. The van der Waals surface area contributed by atoms with Gasteiger partial charge in [0.15, 0.2) is 0 Å². The molecule has 0 radical (unpaired) electrons. The normalized spacial score (nSPS) is 20.5. The zero-order valence-electron chi connectivity index (χ0n) is 24.2. The van der Waals surface area contributed by atoms with E-state index in [-0.39, 0.29) is 18.1 Å². The van der Waals surface area contributed by atoms with Crippen LogP contribution in [0.2, 0.25) is 0 Å². The van der Waals surface area contributed by atoms with Gasteiger partial charge in [-0.05, 0) is 68.8 Å². The maximum Gasteiger partial charge on any atom is 0.252 e. The lowest BCUT2D eigenvalue weighted by atomic mass is 9.93. The van der Waals surface area contributed by atoms with Crippen LogP contribution in [0.4, 0.5) is 0 Å². The van der Waals surface area contributed by atoms with E-state index >= 15 is 0 Å². The standard InChI is InChI=1S/C36H40N4O2/c41-28-18-22-40(23-19-28)27-16-20-39(21-17-27)24-31-34(36(42)38-33-15-14-25-8-4-5-11-29(25)33)30-12-6-7-13-32(30)37-35(31)26-9-2-1-3-10-26/h1-13,27-28,33,41H,14-24H2,(H,38,42)/t33-/m0/s1. The first kappa shape index (κ1) is 27.3. The third kappa shape index (κ3) is 5.47. The molecule has 1 atom stereocenters. The quantitative estimate of drug-likeness (QED) is 0.315. The van der Waals surface area contributed by atoms with Crippen molar-refractivity contribution in [2.75, 3.05) is 26.2 Å². The zero-order valence-corrected chi connectivity index (χ0v) is 24.2. The largest absolute Gasteiger partial charge is 0.393 e. The first-order valence-electron chi connectivity index (χ1n) is 15.6. The molecule has 2 aliphatic heterocycles. The Morgan fingerprint density at radius 3 is 2.36 bits per heavy atom. The molecule has 3 aliphatic rings. The van der Waals surface area contributed by atoms with E-state index in [9.17, 15) is 9.90 Å². The van der Waals surface area contributed by atoms with Gasteiger partial charge in [-0.3, -0.25) is 9.69 Å². The van der Waals surface area contributed by atoms with Gasteiger partial charge in [0.05, 0.1) is 28.9 Å². The number of aliphatic hydroxyl groups is 1. The number of nitrogens with one attached hydrogen (secondary N) is 1. The van der Waals surface area contributed by atoms with Crippen LogP contribution in [0.1, 0.15) is 65.2 Å². The highest BCUT2D eigenvalue weighted by Gasteiger charge is 2.31. The van der Waals surface area contributed by atoms with Crippen LogP contribution in [0.3, 0.4) is 0 Å². The van der Waals surface area contributed by atoms with Gasteiger partial charge in [-0.15, -0.1) is 0 Å². The summed E-state index contributed by atoms with van der Waals surface area (Å²) in [6, 6.07) is 27.5. The lowest BCUT2D eigenvalue weighted by Gasteiger charge is -2.41. The summed E-state index contributed by atoms with van der Waals surface area (Å²) in [6.07, 6.45) is 5.76. The van der Waals surface area contributed by atoms with Crippen LogP contribution < -0.4 is 5.32 Å². The van der Waals surface area contributed by atoms with Crippen LogP contribution in [-0.4, -0.2) is 64.1 Å². The number of likely N-dealkylation sites (tertiary alicyclic amines) is 2. The highest BCUT2D eigenvalue weighted by Crippen LogP contribution is 2.35. The molecule has 4 aromatic rings. The molecule has 0 saturated carbocycles. The molecule has 2 saturated heterocycles. The summed E-state index contributed by atoms with van der Waals surface area (Å²) in [7, 11) is 0. The summed E-state index contributed by atoms with van der Waals surface area (Å²) in [4.78, 5) is 24.6. The van der Waals surface area contributed by atoms with Gasteiger partial charge in [0, 0.05) is 42.2 Å². The van der Waals surface area contributed by atoms with Gasteiger partial charge in [0.1, 0.15) is 0 Å². The van der Waals surface area contributed by atoms with E-state index in [1.807, 2.05) is 36.4 Å². The molecule has 216 valence electrons. The SMILES string of the molecule is O=C(N[C@H]1CCc2ccccc21)c1c(CN2CCC(N3CCC(O)CC3)CC2)c(-c2ccccc2)nc2ccccc12. The van der Waals surface area contributed by atoms with Crippen LogP contribution in [0, 0.1) is 0 Å². The molecule has 1 amide bonds. The van der Waals surface area contributed by atoms with Gasteiger partial charge in [-0.2, -0.15) is 0 Å². The van der Waals surface area contributed by atoms with E-state index in [0.717, 1.165) is 98.0 Å². The molecule has 6 nitrogen and oxygen atoms in total. The Morgan fingerprint density at radius 1 is 0.833 bits per heavy atom. The molecular formula is C36H40N4O2. The molecular weight excluding hydrogens is 520 g/mol. The topological polar surface area (TPSA) is 68.7 Å². The van der Waals surface area contributed by atoms with Crippen molar-refractivity contribution in [2.24, 2.45) is 0 Å². The molecule has 1 aliphatic carbocycles. The average Bonchev–Trinajstić information content (AvgIpc) is 3.44. The van der Waals surface area contributed by atoms with Crippen molar-refractivity contribution in [3.8, 4) is 11.3 Å². The minimum atomic E-state index is -0.138. The maximum absolute atomic E-state index is 14.4. The van der Waals surface area contributed by atoms with Gasteiger partial charge in [-0.25, -0.2) is 4.98 Å². The summed E-state index contributed by atoms with van der Waals surface area (Å²) in [5.74, 6) is -0.00996. The first-order chi connectivity index (χ1) is 20.6.